The fraction of sp³-hybridized carbons (Fsp3) is 0.417. The van der Waals surface area contributed by atoms with Crippen LogP contribution in [-0.2, 0) is 14.3 Å². The summed E-state index contributed by atoms with van der Waals surface area (Å²) >= 11 is 0. The van der Waals surface area contributed by atoms with Gasteiger partial charge in [-0.25, -0.2) is 4.39 Å². The Bertz CT molecular complexity index is 370. The Kier molecular flexibility index (Phi) is 3.19. The lowest BCUT2D eigenvalue weighted by atomic mass is 9.93. The predicted molar refractivity (Wildman–Crippen MR) is 55.5 cm³/mol. The Morgan fingerprint density at radius 3 is 2.69 bits per heavy atom. The lowest BCUT2D eigenvalue weighted by molar-refractivity contribution is -0.141. The van der Waals surface area contributed by atoms with Gasteiger partial charge in [-0.3, -0.25) is 4.79 Å². The molecule has 1 saturated heterocycles. The van der Waals surface area contributed by atoms with Gasteiger partial charge in [0.2, 0.25) is 0 Å². The first kappa shape index (κ1) is 11.1. The molecule has 2 atom stereocenters. The van der Waals surface area contributed by atoms with Crippen LogP contribution in [0, 0.1) is 5.82 Å². The van der Waals surface area contributed by atoms with E-state index >= 15 is 0 Å². The maximum atomic E-state index is 12.8. The van der Waals surface area contributed by atoms with Gasteiger partial charge in [-0.05, 0) is 17.7 Å². The summed E-state index contributed by atoms with van der Waals surface area (Å²) in [6.07, 6.45) is 0.330. The van der Waals surface area contributed by atoms with E-state index in [1.807, 2.05) is 0 Å². The van der Waals surface area contributed by atoms with Crippen LogP contribution in [0.2, 0.25) is 0 Å². The molecule has 2 rings (SSSR count). The smallest absolute Gasteiger partial charge is 0.306 e. The minimum atomic E-state index is -0.280. The second-order valence-corrected chi connectivity index (χ2v) is 3.81. The molecule has 86 valence electrons. The molecule has 4 heteroatoms. The first-order valence-electron chi connectivity index (χ1n) is 5.14. The van der Waals surface area contributed by atoms with E-state index in [4.69, 9.17) is 4.74 Å². The Balaban J connectivity index is 2.12. The van der Waals surface area contributed by atoms with Crippen molar-refractivity contribution >= 4 is 5.97 Å². The highest BCUT2D eigenvalue weighted by atomic mass is 19.1. The SMILES string of the molecule is COC(=O)C[C@@H](c1ccc(F)cc1)[C@@H]1CO1. The normalized spacial score (nSPS) is 20.2. The maximum Gasteiger partial charge on any atom is 0.306 e. The minimum Gasteiger partial charge on any atom is -0.469 e. The van der Waals surface area contributed by atoms with Crippen LogP contribution in [0.5, 0.6) is 0 Å². The van der Waals surface area contributed by atoms with Crippen LogP contribution in [-0.4, -0.2) is 25.8 Å². The second kappa shape index (κ2) is 4.61. The first-order valence-corrected chi connectivity index (χ1v) is 5.14. The summed E-state index contributed by atoms with van der Waals surface area (Å²) < 4.78 is 22.6. The van der Waals surface area contributed by atoms with Gasteiger partial charge in [0.15, 0.2) is 0 Å². The van der Waals surface area contributed by atoms with Crippen molar-refractivity contribution in [2.75, 3.05) is 13.7 Å². The molecule has 3 nitrogen and oxygen atoms in total. The Labute approximate surface area is 93.2 Å². The molecule has 1 fully saturated rings. The number of carbonyl (C=O) groups is 1. The number of hydrogen-bond acceptors (Lipinski definition) is 3. The van der Waals surface area contributed by atoms with Crippen LogP contribution in [0.25, 0.3) is 0 Å². The summed E-state index contributed by atoms with van der Waals surface area (Å²) in [6, 6.07) is 6.15. The molecule has 0 spiro atoms. The number of carbonyl (C=O) groups excluding carboxylic acids is 1. The monoisotopic (exact) mass is 224 g/mol. The number of esters is 1. The number of rotatable bonds is 4. The van der Waals surface area contributed by atoms with Crippen molar-refractivity contribution in [3.63, 3.8) is 0 Å². The van der Waals surface area contributed by atoms with Crippen LogP contribution in [0.3, 0.4) is 0 Å². The highest BCUT2D eigenvalue weighted by molar-refractivity contribution is 5.70. The van der Waals surface area contributed by atoms with Crippen molar-refractivity contribution in [3.8, 4) is 0 Å². The van der Waals surface area contributed by atoms with E-state index in [0.717, 1.165) is 5.56 Å². The molecule has 0 aromatic heterocycles. The van der Waals surface area contributed by atoms with Crippen LogP contribution >= 0.6 is 0 Å². The molecule has 0 amide bonds. The third-order valence-electron chi connectivity index (χ3n) is 2.72. The molecule has 0 unspecified atom stereocenters. The van der Waals surface area contributed by atoms with Crippen molar-refractivity contribution in [1.82, 2.24) is 0 Å². The number of ether oxygens (including phenoxy) is 2. The van der Waals surface area contributed by atoms with E-state index in [0.29, 0.717) is 6.61 Å². The van der Waals surface area contributed by atoms with Gasteiger partial charge >= 0.3 is 5.97 Å². The molecule has 0 N–H and O–H groups in total. The Hall–Kier alpha value is -1.42. The molecule has 0 saturated carbocycles. The van der Waals surface area contributed by atoms with Gasteiger partial charge in [-0.1, -0.05) is 12.1 Å². The Morgan fingerprint density at radius 1 is 1.56 bits per heavy atom. The van der Waals surface area contributed by atoms with E-state index < -0.39 is 0 Å². The molecule has 0 bridgehead atoms. The number of halogens is 1. The summed E-state index contributed by atoms with van der Waals surface area (Å²) in [5.41, 5.74) is 0.911. The van der Waals surface area contributed by atoms with Crippen molar-refractivity contribution in [2.45, 2.75) is 18.4 Å². The van der Waals surface area contributed by atoms with Crippen LogP contribution in [0.1, 0.15) is 17.9 Å². The van der Waals surface area contributed by atoms with E-state index in [-0.39, 0.29) is 30.2 Å². The standard InChI is InChI=1S/C12H13FO3/c1-15-12(14)6-10(11-7-16-11)8-2-4-9(13)5-3-8/h2-5,10-11H,6-7H2,1H3/t10-,11-/m0/s1. The third kappa shape index (κ3) is 2.58. The average molecular weight is 224 g/mol. The fourth-order valence-electron chi connectivity index (χ4n) is 1.72. The zero-order valence-electron chi connectivity index (χ0n) is 8.98. The second-order valence-electron chi connectivity index (χ2n) is 3.81. The van der Waals surface area contributed by atoms with Crippen LogP contribution in [0.4, 0.5) is 4.39 Å². The minimum absolute atomic E-state index is 0.0342. The molecule has 16 heavy (non-hydrogen) atoms. The predicted octanol–water partition coefficient (Wildman–Crippen LogP) is 1.87. The molecule has 1 aliphatic heterocycles. The zero-order valence-corrected chi connectivity index (χ0v) is 8.98. The summed E-state index contributed by atoms with van der Waals surface area (Å²) in [6.45, 7) is 0.652. The van der Waals surface area contributed by atoms with Gasteiger partial charge in [-0.15, -0.1) is 0 Å². The largest absolute Gasteiger partial charge is 0.469 e. The zero-order chi connectivity index (χ0) is 11.5. The van der Waals surface area contributed by atoms with E-state index in [9.17, 15) is 9.18 Å². The van der Waals surface area contributed by atoms with Gasteiger partial charge in [-0.2, -0.15) is 0 Å². The molecule has 0 aliphatic carbocycles. The highest BCUT2D eigenvalue weighted by Gasteiger charge is 2.35. The summed E-state index contributed by atoms with van der Waals surface area (Å²) in [5.74, 6) is -0.588. The summed E-state index contributed by atoms with van der Waals surface area (Å²) in [4.78, 5) is 11.2. The molecular weight excluding hydrogens is 211 g/mol. The van der Waals surface area contributed by atoms with E-state index in [2.05, 4.69) is 4.74 Å². The number of benzene rings is 1. The topological polar surface area (TPSA) is 38.8 Å². The van der Waals surface area contributed by atoms with Gasteiger partial charge in [0.1, 0.15) is 5.82 Å². The lowest BCUT2D eigenvalue weighted by Crippen LogP contribution is -2.13. The van der Waals surface area contributed by atoms with E-state index in [1.54, 1.807) is 12.1 Å². The summed E-state index contributed by atoms with van der Waals surface area (Å²) in [7, 11) is 1.36. The molecule has 0 radical (unpaired) electrons. The number of hydrogen-bond donors (Lipinski definition) is 0. The van der Waals surface area contributed by atoms with E-state index in [1.165, 1.54) is 19.2 Å². The first-order chi connectivity index (χ1) is 7.70. The van der Waals surface area contributed by atoms with Crippen molar-refractivity contribution < 1.29 is 18.7 Å². The molecule has 1 aliphatic rings. The lowest BCUT2D eigenvalue weighted by Gasteiger charge is -2.13. The van der Waals surface area contributed by atoms with Gasteiger partial charge in [0, 0.05) is 5.92 Å². The summed E-state index contributed by atoms with van der Waals surface area (Å²) in [5, 5.41) is 0. The van der Waals surface area contributed by atoms with Gasteiger partial charge in [0.05, 0.1) is 26.2 Å². The number of epoxide rings is 1. The third-order valence-corrected chi connectivity index (χ3v) is 2.72. The molecule has 1 aromatic rings. The Morgan fingerprint density at radius 2 is 2.19 bits per heavy atom. The van der Waals surface area contributed by atoms with Gasteiger partial charge < -0.3 is 9.47 Å². The quantitative estimate of drug-likeness (QED) is 0.579. The molecule has 1 aromatic carbocycles. The maximum absolute atomic E-state index is 12.8. The van der Waals surface area contributed by atoms with Gasteiger partial charge in [0.25, 0.3) is 0 Å². The molecule has 1 heterocycles. The van der Waals surface area contributed by atoms with Crippen molar-refractivity contribution in [1.29, 1.82) is 0 Å². The van der Waals surface area contributed by atoms with Crippen LogP contribution < -0.4 is 0 Å². The highest BCUT2D eigenvalue weighted by Crippen LogP contribution is 2.33. The number of methoxy groups -OCH3 is 1. The van der Waals surface area contributed by atoms with Crippen molar-refractivity contribution in [2.24, 2.45) is 0 Å². The average Bonchev–Trinajstić information content (AvgIpc) is 3.11. The molecular formula is C12H13FO3. The van der Waals surface area contributed by atoms with Crippen molar-refractivity contribution in [3.05, 3.63) is 35.6 Å². The fourth-order valence-corrected chi connectivity index (χ4v) is 1.72. The van der Waals surface area contributed by atoms with Crippen LogP contribution in [0.15, 0.2) is 24.3 Å².